The molecule has 0 atom stereocenters. The van der Waals surface area contributed by atoms with E-state index in [9.17, 15) is 0 Å². The van der Waals surface area contributed by atoms with Crippen molar-refractivity contribution in [1.82, 2.24) is 0 Å². The van der Waals surface area contributed by atoms with Crippen molar-refractivity contribution in [3.63, 3.8) is 0 Å². The molecule has 0 nitrogen and oxygen atoms in total. The lowest BCUT2D eigenvalue weighted by Gasteiger charge is -2.27. The second kappa shape index (κ2) is 4.24. The monoisotopic (exact) mass is 260 g/mol. The molecule has 0 fully saturated rings. The van der Waals surface area contributed by atoms with Gasteiger partial charge in [0.2, 0.25) is 0 Å². The Bertz CT molecular complexity index is 249. The highest BCUT2D eigenvalue weighted by molar-refractivity contribution is 8.80. The van der Waals surface area contributed by atoms with Gasteiger partial charge in [-0.3, -0.25) is 0 Å². The van der Waals surface area contributed by atoms with E-state index in [0.717, 1.165) is 0 Å². The maximum atomic E-state index is 2.42. The molecule has 0 aromatic carbocycles. The molecule has 0 saturated carbocycles. The van der Waals surface area contributed by atoms with Gasteiger partial charge >= 0.3 is 0 Å². The van der Waals surface area contributed by atoms with E-state index in [2.05, 4.69) is 51.4 Å². The molecule has 0 aromatic rings. The van der Waals surface area contributed by atoms with E-state index in [1.54, 1.807) is 9.06 Å². The molecule has 4 heteroatoms. The maximum Gasteiger partial charge on any atom is 0.0868 e. The summed E-state index contributed by atoms with van der Waals surface area (Å²) >= 11 is 0. The SMILES string of the molecule is C[Si](C)(C)C1=CC=C([Si](C)(C)C)SS1. The van der Waals surface area contributed by atoms with Crippen molar-refractivity contribution < 1.29 is 0 Å². The Kier molecular flexibility index (Phi) is 3.84. The summed E-state index contributed by atoms with van der Waals surface area (Å²) in [4.78, 5) is 0. The molecule has 0 aliphatic carbocycles. The van der Waals surface area contributed by atoms with Gasteiger partial charge in [-0.25, -0.2) is 0 Å². The Morgan fingerprint density at radius 1 is 0.714 bits per heavy atom. The molecule has 0 radical (unpaired) electrons. The standard InChI is InChI=1S/C10H20S2Si2/c1-13(2,3)9-7-8-10(12-11-9)14(4,5)6/h7-8H,1-6H3. The zero-order chi connectivity index (χ0) is 11.0. The van der Waals surface area contributed by atoms with Crippen LogP contribution in [0.1, 0.15) is 0 Å². The lowest BCUT2D eigenvalue weighted by Crippen LogP contribution is -2.25. The Morgan fingerprint density at radius 3 is 1.14 bits per heavy atom. The average molecular weight is 261 g/mol. The largest absolute Gasteiger partial charge is 0.0868 e. The van der Waals surface area contributed by atoms with Gasteiger partial charge in [-0.1, -0.05) is 73.0 Å². The van der Waals surface area contributed by atoms with Gasteiger partial charge in [0, 0.05) is 0 Å². The Morgan fingerprint density at radius 2 is 1.00 bits per heavy atom. The molecule has 1 aliphatic heterocycles. The summed E-state index contributed by atoms with van der Waals surface area (Å²) in [5, 5.41) is 0. The zero-order valence-electron chi connectivity index (χ0n) is 9.97. The van der Waals surface area contributed by atoms with Crippen LogP contribution in [0, 0.1) is 0 Å². The van der Waals surface area contributed by atoms with Crippen molar-refractivity contribution >= 4 is 37.7 Å². The Labute approximate surface area is 98.0 Å². The van der Waals surface area contributed by atoms with Crippen LogP contribution in [0.5, 0.6) is 0 Å². The minimum Gasteiger partial charge on any atom is -0.0651 e. The summed E-state index contributed by atoms with van der Waals surface area (Å²) in [6.07, 6.45) is 4.75. The number of hydrogen-bond acceptors (Lipinski definition) is 2. The highest BCUT2D eigenvalue weighted by atomic mass is 33.1. The molecule has 1 rings (SSSR count). The predicted octanol–water partition coefficient (Wildman–Crippen LogP) is 4.90. The van der Waals surface area contributed by atoms with E-state index >= 15 is 0 Å². The van der Waals surface area contributed by atoms with Crippen molar-refractivity contribution in [3.05, 3.63) is 21.2 Å². The first-order valence-corrected chi connectivity index (χ1v) is 14.1. The molecule has 0 spiro atoms. The van der Waals surface area contributed by atoms with Crippen LogP contribution in [0.3, 0.4) is 0 Å². The van der Waals surface area contributed by atoms with Crippen LogP contribution in [0.4, 0.5) is 0 Å². The van der Waals surface area contributed by atoms with Gasteiger partial charge in [-0.2, -0.15) is 0 Å². The molecule has 0 N–H and O–H groups in total. The maximum absolute atomic E-state index is 2.42. The molecule has 1 aliphatic rings. The molecular formula is C10H20S2Si2. The third kappa shape index (κ3) is 3.33. The fraction of sp³-hybridized carbons (Fsp3) is 0.600. The topological polar surface area (TPSA) is 0 Å². The number of allylic oxidation sites excluding steroid dienone is 2. The highest BCUT2D eigenvalue weighted by Gasteiger charge is 2.27. The van der Waals surface area contributed by atoms with E-state index < -0.39 is 16.1 Å². The van der Waals surface area contributed by atoms with Crippen LogP contribution in [-0.4, -0.2) is 16.1 Å². The second-order valence-electron chi connectivity index (χ2n) is 5.73. The summed E-state index contributed by atoms with van der Waals surface area (Å²) in [7, 11) is 1.88. The molecule has 0 saturated heterocycles. The molecule has 1 heterocycles. The third-order valence-electron chi connectivity index (χ3n) is 2.09. The zero-order valence-corrected chi connectivity index (χ0v) is 13.6. The minimum atomic E-state index is -1.07. The van der Waals surface area contributed by atoms with Crippen LogP contribution >= 0.6 is 21.6 Å². The molecule has 0 aromatic heterocycles. The fourth-order valence-electron chi connectivity index (χ4n) is 1.05. The van der Waals surface area contributed by atoms with E-state index in [0.29, 0.717) is 0 Å². The van der Waals surface area contributed by atoms with Gasteiger partial charge in [-0.05, 0) is 9.06 Å². The molecule has 0 amide bonds. The number of rotatable bonds is 2. The summed E-state index contributed by atoms with van der Waals surface area (Å²) in [6, 6.07) is 0. The smallest absolute Gasteiger partial charge is 0.0651 e. The van der Waals surface area contributed by atoms with Crippen LogP contribution in [-0.2, 0) is 0 Å². The van der Waals surface area contributed by atoms with E-state index in [1.165, 1.54) is 0 Å². The summed E-state index contributed by atoms with van der Waals surface area (Å²) in [5.41, 5.74) is 0. The first-order valence-electron chi connectivity index (χ1n) is 4.99. The van der Waals surface area contributed by atoms with Crippen LogP contribution in [0.25, 0.3) is 0 Å². The Hall–Kier alpha value is 0.614. The van der Waals surface area contributed by atoms with E-state index in [1.807, 2.05) is 21.6 Å². The van der Waals surface area contributed by atoms with Crippen LogP contribution in [0.15, 0.2) is 21.2 Å². The van der Waals surface area contributed by atoms with Gasteiger partial charge in [0.15, 0.2) is 0 Å². The van der Waals surface area contributed by atoms with Gasteiger partial charge < -0.3 is 0 Å². The van der Waals surface area contributed by atoms with E-state index in [4.69, 9.17) is 0 Å². The summed E-state index contributed by atoms with van der Waals surface area (Å²) in [5.74, 6) is 0. The third-order valence-corrected chi connectivity index (χ3v) is 12.6. The minimum absolute atomic E-state index is 1.07. The molecule has 14 heavy (non-hydrogen) atoms. The quantitative estimate of drug-likeness (QED) is 0.511. The van der Waals surface area contributed by atoms with Gasteiger partial charge in [-0.15, -0.1) is 0 Å². The fourth-order valence-corrected chi connectivity index (χ4v) is 10.8. The summed E-state index contributed by atoms with van der Waals surface area (Å²) < 4.78 is 3.26. The molecular weight excluding hydrogens is 240 g/mol. The average Bonchev–Trinajstić information content (AvgIpc) is 2.01. The molecule has 80 valence electrons. The normalized spacial score (nSPS) is 19.0. The predicted molar refractivity (Wildman–Crippen MR) is 78.0 cm³/mol. The first kappa shape index (κ1) is 12.7. The van der Waals surface area contributed by atoms with Gasteiger partial charge in [0.25, 0.3) is 0 Å². The summed E-state index contributed by atoms with van der Waals surface area (Å²) in [6.45, 7) is 14.5. The van der Waals surface area contributed by atoms with Crippen LogP contribution in [0.2, 0.25) is 39.3 Å². The van der Waals surface area contributed by atoms with Crippen LogP contribution < -0.4 is 0 Å². The lowest BCUT2D eigenvalue weighted by molar-refractivity contribution is 1.71. The number of hydrogen-bond donors (Lipinski definition) is 0. The van der Waals surface area contributed by atoms with Gasteiger partial charge in [0.05, 0.1) is 16.1 Å². The second-order valence-corrected chi connectivity index (χ2v) is 18.7. The molecule has 0 unspecified atom stereocenters. The van der Waals surface area contributed by atoms with Crippen molar-refractivity contribution in [1.29, 1.82) is 0 Å². The van der Waals surface area contributed by atoms with Gasteiger partial charge in [0.1, 0.15) is 0 Å². The Balaban J connectivity index is 2.85. The van der Waals surface area contributed by atoms with Crippen molar-refractivity contribution in [2.45, 2.75) is 39.3 Å². The van der Waals surface area contributed by atoms with Crippen molar-refractivity contribution in [2.75, 3.05) is 0 Å². The first-order chi connectivity index (χ1) is 6.21. The lowest BCUT2D eigenvalue weighted by atomic mass is 10.6. The molecule has 0 bridgehead atoms. The highest BCUT2D eigenvalue weighted by Crippen LogP contribution is 2.46. The van der Waals surface area contributed by atoms with Crippen molar-refractivity contribution in [3.8, 4) is 0 Å². The van der Waals surface area contributed by atoms with Crippen molar-refractivity contribution in [2.24, 2.45) is 0 Å². The van der Waals surface area contributed by atoms with E-state index in [-0.39, 0.29) is 0 Å².